The zero-order chi connectivity index (χ0) is 17.3. The molecule has 0 radical (unpaired) electrons. The maximum atomic E-state index is 12.5. The first-order chi connectivity index (χ1) is 11.5. The van der Waals surface area contributed by atoms with Gasteiger partial charge in [0, 0.05) is 0 Å². The molecule has 2 aliphatic carbocycles. The van der Waals surface area contributed by atoms with Crippen LogP contribution in [0.5, 0.6) is 0 Å². The molecule has 1 aliphatic heterocycles. The quantitative estimate of drug-likeness (QED) is 0.451. The second-order valence-corrected chi connectivity index (χ2v) is 7.53. The SMILES string of the molecule is C[C@@H]1CC=CC[C@@H]1COC(=O)[C@H](C)N1C(=O)[C@@H]2CCCC[C@H]2C1=O. The van der Waals surface area contributed by atoms with E-state index in [1.165, 1.54) is 4.90 Å². The first kappa shape index (κ1) is 17.2. The van der Waals surface area contributed by atoms with Crippen LogP contribution in [0.1, 0.15) is 52.4 Å². The summed E-state index contributed by atoms with van der Waals surface area (Å²) in [6, 6.07) is -0.815. The summed E-state index contributed by atoms with van der Waals surface area (Å²) in [6.45, 7) is 4.13. The number of carbonyl (C=O) groups excluding carboxylic acids is 3. The number of hydrogen-bond acceptors (Lipinski definition) is 4. The fourth-order valence-electron chi connectivity index (χ4n) is 4.22. The number of fused-ring (bicyclic) bond motifs is 1. The molecule has 0 spiro atoms. The number of ether oxygens (including phenoxy) is 1. The van der Waals surface area contributed by atoms with Gasteiger partial charge in [-0.15, -0.1) is 0 Å². The van der Waals surface area contributed by atoms with E-state index in [1.54, 1.807) is 6.92 Å². The third kappa shape index (κ3) is 3.13. The summed E-state index contributed by atoms with van der Waals surface area (Å²) in [5.74, 6) is -0.451. The van der Waals surface area contributed by atoms with E-state index in [0.29, 0.717) is 18.4 Å². The van der Waals surface area contributed by atoms with Gasteiger partial charge in [-0.3, -0.25) is 14.5 Å². The molecule has 0 bridgehead atoms. The normalized spacial score (nSPS) is 34.2. The second-order valence-electron chi connectivity index (χ2n) is 7.53. The van der Waals surface area contributed by atoms with Crippen molar-refractivity contribution in [2.24, 2.45) is 23.7 Å². The molecular weight excluding hydrogens is 306 g/mol. The van der Waals surface area contributed by atoms with E-state index in [9.17, 15) is 14.4 Å². The molecule has 1 heterocycles. The molecular formula is C19H27NO4. The number of amides is 2. The third-order valence-corrected chi connectivity index (χ3v) is 5.96. The lowest BCUT2D eigenvalue weighted by molar-refractivity contribution is -0.159. The zero-order valence-corrected chi connectivity index (χ0v) is 14.6. The van der Waals surface area contributed by atoms with Gasteiger partial charge in [-0.05, 0) is 44.4 Å². The number of esters is 1. The van der Waals surface area contributed by atoms with Gasteiger partial charge in [0.15, 0.2) is 0 Å². The first-order valence-electron chi connectivity index (χ1n) is 9.19. The van der Waals surface area contributed by atoms with Gasteiger partial charge in [0.2, 0.25) is 11.8 Å². The fourth-order valence-corrected chi connectivity index (χ4v) is 4.22. The van der Waals surface area contributed by atoms with Crippen LogP contribution in [-0.2, 0) is 19.1 Å². The molecule has 24 heavy (non-hydrogen) atoms. The smallest absolute Gasteiger partial charge is 0.329 e. The van der Waals surface area contributed by atoms with Gasteiger partial charge in [0.05, 0.1) is 18.4 Å². The third-order valence-electron chi connectivity index (χ3n) is 5.96. The Kier molecular flexibility index (Phi) is 5.07. The molecule has 0 aromatic carbocycles. The average molecular weight is 333 g/mol. The molecule has 5 heteroatoms. The molecule has 132 valence electrons. The molecule has 0 aromatic rings. The first-order valence-corrected chi connectivity index (χ1v) is 9.19. The predicted molar refractivity (Wildman–Crippen MR) is 88.8 cm³/mol. The van der Waals surface area contributed by atoms with Crippen LogP contribution in [0.15, 0.2) is 12.2 Å². The summed E-state index contributed by atoms with van der Waals surface area (Å²) in [7, 11) is 0. The van der Waals surface area contributed by atoms with E-state index < -0.39 is 12.0 Å². The Morgan fingerprint density at radius 3 is 2.33 bits per heavy atom. The highest BCUT2D eigenvalue weighted by Gasteiger charge is 2.51. The Morgan fingerprint density at radius 2 is 1.75 bits per heavy atom. The van der Waals surface area contributed by atoms with Crippen LogP contribution in [0.3, 0.4) is 0 Å². The summed E-state index contributed by atoms with van der Waals surface area (Å²) in [5.41, 5.74) is 0. The highest BCUT2D eigenvalue weighted by atomic mass is 16.5. The van der Waals surface area contributed by atoms with Crippen LogP contribution in [0.4, 0.5) is 0 Å². The Balaban J connectivity index is 1.60. The van der Waals surface area contributed by atoms with Crippen molar-refractivity contribution in [2.75, 3.05) is 6.61 Å². The van der Waals surface area contributed by atoms with Crippen molar-refractivity contribution in [1.29, 1.82) is 0 Å². The van der Waals surface area contributed by atoms with Gasteiger partial charge in [0.1, 0.15) is 6.04 Å². The molecule has 2 amide bonds. The van der Waals surface area contributed by atoms with Crippen LogP contribution in [-0.4, -0.2) is 35.3 Å². The van der Waals surface area contributed by atoms with Crippen molar-refractivity contribution in [2.45, 2.75) is 58.4 Å². The Morgan fingerprint density at radius 1 is 1.17 bits per heavy atom. The van der Waals surface area contributed by atoms with Gasteiger partial charge in [-0.1, -0.05) is 31.9 Å². The Bertz CT molecular complexity index is 532. The maximum absolute atomic E-state index is 12.5. The predicted octanol–water partition coefficient (Wildman–Crippen LogP) is 2.70. The van der Waals surface area contributed by atoms with Crippen LogP contribution in [0, 0.1) is 23.7 Å². The minimum absolute atomic E-state index is 0.178. The Labute approximate surface area is 143 Å². The van der Waals surface area contributed by atoms with Crippen molar-refractivity contribution < 1.29 is 19.1 Å². The van der Waals surface area contributed by atoms with Gasteiger partial charge in [0.25, 0.3) is 0 Å². The van der Waals surface area contributed by atoms with E-state index >= 15 is 0 Å². The molecule has 3 aliphatic rings. The van der Waals surface area contributed by atoms with Gasteiger partial charge >= 0.3 is 5.97 Å². The van der Waals surface area contributed by atoms with Crippen molar-refractivity contribution >= 4 is 17.8 Å². The molecule has 3 rings (SSSR count). The number of hydrogen-bond donors (Lipinski definition) is 0. The lowest BCUT2D eigenvalue weighted by Gasteiger charge is -2.27. The lowest BCUT2D eigenvalue weighted by Crippen LogP contribution is -2.44. The number of nitrogens with zero attached hydrogens (tertiary/aromatic N) is 1. The van der Waals surface area contributed by atoms with E-state index in [-0.39, 0.29) is 23.7 Å². The van der Waals surface area contributed by atoms with Crippen LogP contribution >= 0.6 is 0 Å². The number of likely N-dealkylation sites (tertiary alicyclic amines) is 1. The van der Waals surface area contributed by atoms with Crippen molar-refractivity contribution in [3.05, 3.63) is 12.2 Å². The monoisotopic (exact) mass is 333 g/mol. The summed E-state index contributed by atoms with van der Waals surface area (Å²) in [6.07, 6.45) is 9.70. The molecule has 0 unspecified atom stereocenters. The Hall–Kier alpha value is -1.65. The zero-order valence-electron chi connectivity index (χ0n) is 14.6. The molecule has 5 nitrogen and oxygen atoms in total. The molecule has 0 N–H and O–H groups in total. The molecule has 2 fully saturated rings. The highest BCUT2D eigenvalue weighted by molar-refractivity contribution is 6.07. The second kappa shape index (κ2) is 7.08. The minimum atomic E-state index is -0.815. The van der Waals surface area contributed by atoms with Gasteiger partial charge in [-0.25, -0.2) is 4.79 Å². The van der Waals surface area contributed by atoms with Crippen molar-refractivity contribution in [1.82, 2.24) is 4.90 Å². The van der Waals surface area contributed by atoms with Gasteiger partial charge in [-0.2, -0.15) is 0 Å². The molecule has 5 atom stereocenters. The van der Waals surface area contributed by atoms with E-state index in [1.807, 2.05) is 0 Å². The van der Waals surface area contributed by atoms with Gasteiger partial charge < -0.3 is 4.74 Å². The standard InChI is InChI=1S/C19H27NO4/c1-12-7-3-4-8-14(12)11-24-19(23)13(2)20-17(21)15-9-5-6-10-16(15)18(20)22/h3-4,12-16H,5-11H2,1-2H3/t12-,13+,14-,15-,16-/m1/s1. The van der Waals surface area contributed by atoms with Crippen LogP contribution < -0.4 is 0 Å². The van der Waals surface area contributed by atoms with Crippen LogP contribution in [0.25, 0.3) is 0 Å². The fraction of sp³-hybridized carbons (Fsp3) is 0.737. The summed E-state index contributed by atoms with van der Waals surface area (Å²) >= 11 is 0. The van der Waals surface area contributed by atoms with Crippen LogP contribution in [0.2, 0.25) is 0 Å². The highest BCUT2D eigenvalue weighted by Crippen LogP contribution is 2.39. The molecule has 1 saturated heterocycles. The van der Waals surface area contributed by atoms with E-state index in [0.717, 1.165) is 38.5 Å². The number of allylic oxidation sites excluding steroid dienone is 2. The summed E-state index contributed by atoms with van der Waals surface area (Å²) in [5, 5.41) is 0. The largest absolute Gasteiger partial charge is 0.464 e. The van der Waals surface area contributed by atoms with Crippen molar-refractivity contribution in [3.8, 4) is 0 Å². The minimum Gasteiger partial charge on any atom is -0.464 e. The van der Waals surface area contributed by atoms with Crippen molar-refractivity contribution in [3.63, 3.8) is 0 Å². The topological polar surface area (TPSA) is 63.7 Å². The average Bonchev–Trinajstić information content (AvgIpc) is 2.85. The lowest BCUT2D eigenvalue weighted by atomic mass is 9.81. The summed E-state index contributed by atoms with van der Waals surface area (Å²) in [4.78, 5) is 38.6. The number of imide groups is 1. The van der Waals surface area contributed by atoms with E-state index in [2.05, 4.69) is 19.1 Å². The van der Waals surface area contributed by atoms with E-state index in [4.69, 9.17) is 4.74 Å². The number of carbonyl (C=O) groups is 3. The molecule has 1 saturated carbocycles. The maximum Gasteiger partial charge on any atom is 0.329 e. The number of rotatable bonds is 4. The summed E-state index contributed by atoms with van der Waals surface area (Å²) < 4.78 is 5.46. The molecule has 0 aromatic heterocycles.